The maximum Gasteiger partial charge on any atom is 0.282 e. The van der Waals surface area contributed by atoms with Crippen molar-refractivity contribution in [1.82, 2.24) is 24.7 Å². The van der Waals surface area contributed by atoms with Gasteiger partial charge in [-0.15, -0.1) is 11.3 Å². The smallest absolute Gasteiger partial charge is 0.282 e. The molecule has 2 aliphatic rings. The summed E-state index contributed by atoms with van der Waals surface area (Å²) in [5, 5.41) is 3.10. The van der Waals surface area contributed by atoms with Crippen LogP contribution in [0.3, 0.4) is 0 Å². The van der Waals surface area contributed by atoms with E-state index in [4.69, 9.17) is 0 Å². The summed E-state index contributed by atoms with van der Waals surface area (Å²) in [6, 6.07) is 4.84. The average Bonchev–Trinajstić information content (AvgIpc) is 3.36. The second kappa shape index (κ2) is 7.48. The van der Waals surface area contributed by atoms with Crippen molar-refractivity contribution in [2.75, 3.05) is 39.3 Å². The number of aromatic nitrogens is 2. The Kier molecular flexibility index (Phi) is 4.79. The van der Waals surface area contributed by atoms with E-state index in [-0.39, 0.29) is 17.6 Å². The topological polar surface area (TPSA) is 72.5 Å². The molecule has 7 nitrogen and oxygen atoms in total. The molecule has 0 bridgehead atoms. The van der Waals surface area contributed by atoms with E-state index in [1.54, 1.807) is 12.3 Å². The molecule has 0 radical (unpaired) electrons. The van der Waals surface area contributed by atoms with Gasteiger partial charge < -0.3 is 14.8 Å². The fourth-order valence-electron chi connectivity index (χ4n) is 4.28. The third-order valence-electron chi connectivity index (χ3n) is 6.12. The normalized spacial score (nSPS) is 18.1. The highest BCUT2D eigenvalue weighted by molar-refractivity contribution is 7.11. The van der Waals surface area contributed by atoms with Crippen LogP contribution in [0, 0.1) is 12.7 Å². The van der Waals surface area contributed by atoms with Crippen molar-refractivity contribution in [1.29, 1.82) is 0 Å². The number of carbonyl (C=O) groups excluding carboxylic acids is 2. The van der Waals surface area contributed by atoms with Gasteiger partial charge in [0, 0.05) is 67.8 Å². The molecule has 5 rings (SSSR count). The fourth-order valence-corrected chi connectivity index (χ4v) is 4.88. The van der Waals surface area contributed by atoms with Crippen LogP contribution >= 0.6 is 11.3 Å². The quantitative estimate of drug-likeness (QED) is 0.697. The maximum atomic E-state index is 13.5. The summed E-state index contributed by atoms with van der Waals surface area (Å²) >= 11 is 1.37. The van der Waals surface area contributed by atoms with Crippen molar-refractivity contribution < 1.29 is 14.0 Å². The van der Waals surface area contributed by atoms with Crippen LogP contribution in [0.5, 0.6) is 0 Å². The number of H-pyrrole nitrogens is 1. The zero-order chi connectivity index (χ0) is 20.8. The molecule has 1 N–H and O–H groups in total. The Bertz CT molecular complexity index is 1100. The highest BCUT2D eigenvalue weighted by Crippen LogP contribution is 2.26. The number of nitrogens with one attached hydrogen (secondary N) is 1. The Labute approximate surface area is 177 Å². The van der Waals surface area contributed by atoms with E-state index in [2.05, 4.69) is 14.9 Å². The summed E-state index contributed by atoms with van der Waals surface area (Å²) in [5.41, 5.74) is 2.09. The van der Waals surface area contributed by atoms with Crippen LogP contribution in [-0.4, -0.2) is 81.8 Å². The van der Waals surface area contributed by atoms with Crippen molar-refractivity contribution >= 4 is 34.1 Å². The van der Waals surface area contributed by atoms with Gasteiger partial charge in [0.25, 0.3) is 11.8 Å². The number of carbonyl (C=O) groups is 2. The Hall–Kier alpha value is -2.78. The number of aromatic amines is 1. The fraction of sp³-hybridized carbons (Fsp3) is 0.381. The number of thiazole rings is 1. The first kappa shape index (κ1) is 19.2. The summed E-state index contributed by atoms with van der Waals surface area (Å²) in [6.07, 6.45) is 1.65. The largest absolute Gasteiger partial charge is 0.350 e. The van der Waals surface area contributed by atoms with Gasteiger partial charge in [0.05, 0.1) is 0 Å². The summed E-state index contributed by atoms with van der Waals surface area (Å²) in [6.45, 7) is 6.14. The maximum absolute atomic E-state index is 13.5. The predicted octanol–water partition coefficient (Wildman–Crippen LogP) is 2.35. The number of nitrogens with zero attached hydrogens (tertiary/aromatic N) is 4. The average molecular weight is 428 g/mol. The molecule has 0 unspecified atom stereocenters. The van der Waals surface area contributed by atoms with Gasteiger partial charge in [0.2, 0.25) is 0 Å². The van der Waals surface area contributed by atoms with Crippen molar-refractivity contribution in [3.8, 4) is 0 Å². The third kappa shape index (κ3) is 3.27. The van der Waals surface area contributed by atoms with E-state index in [0.29, 0.717) is 42.9 Å². The predicted molar refractivity (Wildman–Crippen MR) is 112 cm³/mol. The van der Waals surface area contributed by atoms with Crippen LogP contribution in [0.1, 0.15) is 25.9 Å². The van der Waals surface area contributed by atoms with Crippen LogP contribution in [-0.2, 0) is 0 Å². The number of hydrogen-bond donors (Lipinski definition) is 1. The number of piperazine rings is 1. The second-order valence-corrected chi connectivity index (χ2v) is 8.74. The van der Waals surface area contributed by atoms with Crippen molar-refractivity contribution in [3.63, 3.8) is 0 Å². The molecular weight excluding hydrogens is 405 g/mol. The number of amides is 2. The molecule has 30 heavy (non-hydrogen) atoms. The molecule has 0 atom stereocenters. The molecule has 0 aliphatic carbocycles. The Balaban J connectivity index is 1.18. The lowest BCUT2D eigenvalue weighted by Gasteiger charge is -2.48. The lowest BCUT2D eigenvalue weighted by molar-refractivity contribution is 0.00824. The minimum absolute atomic E-state index is 0.000729. The minimum atomic E-state index is -0.305. The van der Waals surface area contributed by atoms with Crippen LogP contribution < -0.4 is 0 Å². The van der Waals surface area contributed by atoms with Crippen molar-refractivity contribution in [3.05, 3.63) is 51.9 Å². The SMILES string of the molecule is Cc1c(C(=O)N2CC(N3CCN(C(=O)c4nccs4)CC3)C2)[nH]c2ccc(F)cc12. The van der Waals surface area contributed by atoms with Crippen LogP contribution in [0.15, 0.2) is 29.8 Å². The molecule has 2 fully saturated rings. The monoisotopic (exact) mass is 427 g/mol. The van der Waals surface area contributed by atoms with Gasteiger partial charge >= 0.3 is 0 Å². The summed E-state index contributed by atoms with van der Waals surface area (Å²) in [5.74, 6) is -0.348. The zero-order valence-electron chi connectivity index (χ0n) is 16.6. The number of fused-ring (bicyclic) bond motifs is 1. The number of likely N-dealkylation sites (tertiary alicyclic amines) is 1. The first-order valence-electron chi connectivity index (χ1n) is 10.0. The second-order valence-electron chi connectivity index (χ2n) is 7.84. The molecule has 0 saturated carbocycles. The Morgan fingerprint density at radius 1 is 1.13 bits per heavy atom. The van der Waals surface area contributed by atoms with E-state index < -0.39 is 0 Å². The molecule has 0 spiro atoms. The van der Waals surface area contributed by atoms with Crippen LogP contribution in [0.4, 0.5) is 4.39 Å². The van der Waals surface area contributed by atoms with Crippen LogP contribution in [0.2, 0.25) is 0 Å². The molecule has 2 aromatic heterocycles. The van der Waals surface area contributed by atoms with Crippen LogP contribution in [0.25, 0.3) is 10.9 Å². The standard InChI is InChI=1S/C21H22FN5O2S/c1-13-16-10-14(22)2-3-17(16)24-18(13)20(28)27-11-15(12-27)25-5-7-26(8-6-25)21(29)19-23-4-9-30-19/h2-4,9-10,15,24H,5-8,11-12H2,1H3. The van der Waals surface area contributed by atoms with E-state index in [1.165, 1.54) is 23.5 Å². The van der Waals surface area contributed by atoms with Gasteiger partial charge in [-0.25, -0.2) is 9.37 Å². The van der Waals surface area contributed by atoms with E-state index >= 15 is 0 Å². The number of rotatable bonds is 3. The van der Waals surface area contributed by atoms with Gasteiger partial charge in [0.1, 0.15) is 11.5 Å². The van der Waals surface area contributed by atoms with E-state index in [0.717, 1.165) is 29.6 Å². The van der Waals surface area contributed by atoms with Gasteiger partial charge in [-0.1, -0.05) is 0 Å². The number of halogens is 1. The van der Waals surface area contributed by atoms with Crippen molar-refractivity contribution in [2.24, 2.45) is 0 Å². The molecular formula is C21H22FN5O2S. The first-order valence-corrected chi connectivity index (χ1v) is 10.9. The number of hydrogen-bond acceptors (Lipinski definition) is 5. The first-order chi connectivity index (χ1) is 14.5. The van der Waals surface area contributed by atoms with E-state index in [1.807, 2.05) is 22.1 Å². The van der Waals surface area contributed by atoms with Crippen molar-refractivity contribution in [2.45, 2.75) is 13.0 Å². The Morgan fingerprint density at radius 3 is 2.60 bits per heavy atom. The minimum Gasteiger partial charge on any atom is -0.350 e. The highest BCUT2D eigenvalue weighted by Gasteiger charge is 2.38. The van der Waals surface area contributed by atoms with Gasteiger partial charge in [-0.05, 0) is 30.7 Å². The Morgan fingerprint density at radius 2 is 1.90 bits per heavy atom. The number of benzene rings is 1. The summed E-state index contributed by atoms with van der Waals surface area (Å²) in [7, 11) is 0. The zero-order valence-corrected chi connectivity index (χ0v) is 17.4. The molecule has 3 aromatic rings. The molecule has 4 heterocycles. The molecule has 2 aliphatic heterocycles. The lowest BCUT2D eigenvalue weighted by atomic mass is 10.0. The van der Waals surface area contributed by atoms with E-state index in [9.17, 15) is 14.0 Å². The molecule has 2 saturated heterocycles. The lowest BCUT2D eigenvalue weighted by Crippen LogP contribution is -2.64. The van der Waals surface area contributed by atoms with Gasteiger partial charge in [0.15, 0.2) is 5.01 Å². The molecule has 1 aromatic carbocycles. The third-order valence-corrected chi connectivity index (χ3v) is 6.88. The summed E-state index contributed by atoms with van der Waals surface area (Å²) in [4.78, 5) is 38.6. The highest BCUT2D eigenvalue weighted by atomic mass is 32.1. The molecule has 2 amide bonds. The van der Waals surface area contributed by atoms with Gasteiger partial charge in [-0.3, -0.25) is 14.5 Å². The molecule has 9 heteroatoms. The molecule has 156 valence electrons. The van der Waals surface area contributed by atoms with Gasteiger partial charge in [-0.2, -0.15) is 0 Å². The summed E-state index contributed by atoms with van der Waals surface area (Å²) < 4.78 is 13.5. The number of aryl methyl sites for hydroxylation is 1.